The van der Waals surface area contributed by atoms with Crippen molar-refractivity contribution in [2.24, 2.45) is 0 Å². The highest BCUT2D eigenvalue weighted by atomic mass is 32.2. The summed E-state index contributed by atoms with van der Waals surface area (Å²) in [7, 11) is -1.47. The molecule has 0 saturated carbocycles. The van der Waals surface area contributed by atoms with Crippen molar-refractivity contribution < 1.29 is 13.2 Å². The van der Waals surface area contributed by atoms with E-state index in [9.17, 15) is 8.42 Å². The third kappa shape index (κ3) is 3.94. The average Bonchev–Trinajstić information content (AvgIpc) is 2.34. The smallest absolute Gasteiger partial charge is 0.151 e. The highest BCUT2D eigenvalue weighted by Crippen LogP contribution is 2.26. The van der Waals surface area contributed by atoms with Gasteiger partial charge in [-0.05, 0) is 37.6 Å². The molecule has 4 nitrogen and oxygen atoms in total. The van der Waals surface area contributed by atoms with Crippen LogP contribution in [-0.2, 0) is 9.84 Å². The van der Waals surface area contributed by atoms with Crippen LogP contribution in [0.2, 0.25) is 0 Å². The predicted octanol–water partition coefficient (Wildman–Crippen LogP) is 2.09. The normalized spacial score (nSPS) is 15.0. The van der Waals surface area contributed by atoms with Gasteiger partial charge in [-0.1, -0.05) is 19.1 Å². The van der Waals surface area contributed by atoms with Crippen molar-refractivity contribution >= 4 is 9.84 Å². The Kier molecular flexibility index (Phi) is 5.38. The number of nitrogens with one attached hydrogen (secondary N) is 1. The van der Waals surface area contributed by atoms with Crippen LogP contribution in [-0.4, -0.2) is 33.6 Å². The third-order valence-electron chi connectivity index (χ3n) is 3.35. The lowest BCUT2D eigenvalue weighted by atomic mass is 10.0. The van der Waals surface area contributed by atoms with E-state index in [1.807, 2.05) is 32.0 Å². The second-order valence-corrected chi connectivity index (χ2v) is 7.20. The van der Waals surface area contributed by atoms with Gasteiger partial charge in [-0.25, -0.2) is 8.42 Å². The van der Waals surface area contributed by atoms with Gasteiger partial charge in [0, 0.05) is 12.3 Å². The summed E-state index contributed by atoms with van der Waals surface area (Å²) in [6.07, 6.45) is 1.28. The van der Waals surface area contributed by atoms with Gasteiger partial charge in [-0.15, -0.1) is 0 Å². The first-order chi connectivity index (χ1) is 8.81. The van der Waals surface area contributed by atoms with Crippen LogP contribution in [0.4, 0.5) is 0 Å². The zero-order valence-electron chi connectivity index (χ0n) is 12.2. The van der Waals surface area contributed by atoms with E-state index in [1.165, 1.54) is 6.26 Å². The second-order valence-electron chi connectivity index (χ2n) is 4.80. The van der Waals surface area contributed by atoms with Crippen molar-refractivity contribution in [2.45, 2.75) is 32.1 Å². The SMILES string of the molecule is CCNC(c1ccc(OC)c(C)c1)C(C)S(C)(=O)=O. The molecule has 0 amide bonds. The molecule has 19 heavy (non-hydrogen) atoms. The first-order valence-electron chi connectivity index (χ1n) is 6.38. The molecule has 0 radical (unpaired) electrons. The Morgan fingerprint density at radius 1 is 1.37 bits per heavy atom. The minimum Gasteiger partial charge on any atom is -0.496 e. The molecule has 0 spiro atoms. The van der Waals surface area contributed by atoms with E-state index in [0.717, 1.165) is 23.4 Å². The topological polar surface area (TPSA) is 55.4 Å². The summed E-state index contributed by atoms with van der Waals surface area (Å²) < 4.78 is 28.8. The Morgan fingerprint density at radius 2 is 2.00 bits per heavy atom. The van der Waals surface area contributed by atoms with Crippen molar-refractivity contribution in [3.05, 3.63) is 29.3 Å². The van der Waals surface area contributed by atoms with Gasteiger partial charge in [0.2, 0.25) is 0 Å². The molecule has 0 aliphatic carbocycles. The van der Waals surface area contributed by atoms with Crippen LogP contribution in [0.3, 0.4) is 0 Å². The summed E-state index contributed by atoms with van der Waals surface area (Å²) in [4.78, 5) is 0. The fourth-order valence-corrected chi connectivity index (χ4v) is 2.86. The molecule has 0 aliphatic rings. The van der Waals surface area contributed by atoms with Crippen LogP contribution in [0, 0.1) is 6.92 Å². The molecule has 2 atom stereocenters. The summed E-state index contributed by atoms with van der Waals surface area (Å²) in [6.45, 7) is 6.38. The molecule has 108 valence electrons. The quantitative estimate of drug-likeness (QED) is 0.869. The molecular formula is C14H23NO3S. The van der Waals surface area contributed by atoms with Gasteiger partial charge >= 0.3 is 0 Å². The third-order valence-corrected chi connectivity index (χ3v) is 4.97. The fraction of sp³-hybridized carbons (Fsp3) is 0.571. The van der Waals surface area contributed by atoms with Crippen LogP contribution in [0.15, 0.2) is 18.2 Å². The van der Waals surface area contributed by atoms with Gasteiger partial charge < -0.3 is 10.1 Å². The first-order valence-corrected chi connectivity index (χ1v) is 8.33. The first kappa shape index (κ1) is 16.0. The summed E-state index contributed by atoms with van der Waals surface area (Å²) in [5.41, 5.74) is 1.97. The molecule has 0 heterocycles. The Bertz CT molecular complexity index is 525. The number of rotatable bonds is 6. The Morgan fingerprint density at radius 3 is 2.42 bits per heavy atom. The Labute approximate surface area is 116 Å². The number of methoxy groups -OCH3 is 1. The molecule has 1 aromatic rings. The van der Waals surface area contributed by atoms with E-state index in [-0.39, 0.29) is 6.04 Å². The van der Waals surface area contributed by atoms with E-state index in [1.54, 1.807) is 14.0 Å². The van der Waals surface area contributed by atoms with E-state index in [0.29, 0.717) is 0 Å². The lowest BCUT2D eigenvalue weighted by Gasteiger charge is -2.24. The number of ether oxygens (including phenoxy) is 1. The molecule has 0 saturated heterocycles. The molecule has 1 aromatic carbocycles. The van der Waals surface area contributed by atoms with E-state index >= 15 is 0 Å². The largest absolute Gasteiger partial charge is 0.496 e. The van der Waals surface area contributed by atoms with Crippen molar-refractivity contribution in [2.75, 3.05) is 19.9 Å². The highest BCUT2D eigenvalue weighted by Gasteiger charge is 2.26. The van der Waals surface area contributed by atoms with E-state index in [2.05, 4.69) is 5.32 Å². The number of sulfone groups is 1. The van der Waals surface area contributed by atoms with Crippen molar-refractivity contribution in [1.29, 1.82) is 0 Å². The summed E-state index contributed by atoms with van der Waals surface area (Å²) >= 11 is 0. The number of aryl methyl sites for hydroxylation is 1. The van der Waals surface area contributed by atoms with Gasteiger partial charge in [-0.2, -0.15) is 0 Å². The zero-order chi connectivity index (χ0) is 14.6. The van der Waals surface area contributed by atoms with Crippen LogP contribution in [0.5, 0.6) is 5.75 Å². The lowest BCUT2D eigenvalue weighted by Crippen LogP contribution is -2.35. The van der Waals surface area contributed by atoms with Crippen molar-refractivity contribution in [3.63, 3.8) is 0 Å². The average molecular weight is 285 g/mol. The minimum atomic E-state index is -3.09. The lowest BCUT2D eigenvalue weighted by molar-refractivity contribution is 0.411. The van der Waals surface area contributed by atoms with Gasteiger partial charge in [-0.3, -0.25) is 0 Å². The van der Waals surface area contributed by atoms with Crippen LogP contribution < -0.4 is 10.1 Å². The van der Waals surface area contributed by atoms with Crippen LogP contribution in [0.1, 0.15) is 31.0 Å². The van der Waals surface area contributed by atoms with Crippen molar-refractivity contribution in [1.82, 2.24) is 5.32 Å². The molecule has 5 heteroatoms. The standard InChI is InChI=1S/C14H23NO3S/c1-6-15-14(11(3)19(5,16)17)12-7-8-13(18-4)10(2)9-12/h7-9,11,14-15H,6H2,1-5H3. The van der Waals surface area contributed by atoms with E-state index < -0.39 is 15.1 Å². The predicted molar refractivity (Wildman–Crippen MR) is 78.5 cm³/mol. The summed E-state index contributed by atoms with van der Waals surface area (Å²) in [5, 5.41) is 2.78. The maximum atomic E-state index is 11.8. The number of hydrogen-bond acceptors (Lipinski definition) is 4. The Balaban J connectivity index is 3.16. The molecular weight excluding hydrogens is 262 g/mol. The molecule has 0 bridgehead atoms. The minimum absolute atomic E-state index is 0.204. The molecule has 0 aliphatic heterocycles. The molecule has 0 aromatic heterocycles. The fourth-order valence-electron chi connectivity index (χ4n) is 2.12. The second kappa shape index (κ2) is 6.39. The maximum absolute atomic E-state index is 11.8. The number of benzene rings is 1. The molecule has 0 fully saturated rings. The number of hydrogen-bond donors (Lipinski definition) is 1. The molecule has 1 N–H and O–H groups in total. The summed E-state index contributed by atoms with van der Waals surface area (Å²) in [5.74, 6) is 0.811. The van der Waals surface area contributed by atoms with Crippen molar-refractivity contribution in [3.8, 4) is 5.75 Å². The summed E-state index contributed by atoms with van der Waals surface area (Å²) in [6, 6.07) is 5.57. The highest BCUT2D eigenvalue weighted by molar-refractivity contribution is 7.91. The van der Waals surface area contributed by atoms with Gasteiger partial charge in [0.1, 0.15) is 5.75 Å². The molecule has 2 unspecified atom stereocenters. The molecule has 1 rings (SSSR count). The monoisotopic (exact) mass is 285 g/mol. The van der Waals surface area contributed by atoms with Gasteiger partial charge in [0.15, 0.2) is 9.84 Å². The van der Waals surface area contributed by atoms with E-state index in [4.69, 9.17) is 4.74 Å². The Hall–Kier alpha value is -1.07. The van der Waals surface area contributed by atoms with Crippen LogP contribution >= 0.6 is 0 Å². The zero-order valence-corrected chi connectivity index (χ0v) is 13.0. The van der Waals surface area contributed by atoms with Crippen LogP contribution in [0.25, 0.3) is 0 Å². The van der Waals surface area contributed by atoms with Gasteiger partial charge in [0.05, 0.1) is 12.4 Å². The maximum Gasteiger partial charge on any atom is 0.151 e. The van der Waals surface area contributed by atoms with Gasteiger partial charge in [0.25, 0.3) is 0 Å².